The summed E-state index contributed by atoms with van der Waals surface area (Å²) >= 11 is 0. The van der Waals surface area contributed by atoms with E-state index in [0.29, 0.717) is 6.54 Å². The summed E-state index contributed by atoms with van der Waals surface area (Å²) in [4.78, 5) is 22.6. The Morgan fingerprint density at radius 1 is 1.12 bits per heavy atom. The Kier molecular flexibility index (Phi) is 4.51. The summed E-state index contributed by atoms with van der Waals surface area (Å²) in [5.41, 5.74) is 0.966. The highest BCUT2D eigenvalue weighted by atomic mass is 16.2. The minimum atomic E-state index is -0.599. The van der Waals surface area contributed by atoms with E-state index in [1.165, 1.54) is 0 Å². The van der Waals surface area contributed by atoms with Crippen LogP contribution >= 0.6 is 0 Å². The zero-order valence-corrected chi connectivity index (χ0v) is 9.49. The molecule has 1 rings (SSSR count). The van der Waals surface area contributed by atoms with Crippen LogP contribution in [-0.2, 0) is 16.1 Å². The van der Waals surface area contributed by atoms with E-state index in [2.05, 4.69) is 10.6 Å². The molecule has 4 nitrogen and oxygen atoms in total. The first-order chi connectivity index (χ1) is 7.59. The molecule has 0 unspecified atom stereocenters. The number of hydrogen-bond acceptors (Lipinski definition) is 2. The van der Waals surface area contributed by atoms with E-state index in [0.717, 1.165) is 5.56 Å². The number of amides is 2. The minimum absolute atomic E-state index is 0.0324. The van der Waals surface area contributed by atoms with Crippen molar-refractivity contribution < 1.29 is 9.59 Å². The smallest absolute Gasteiger partial charge is 0.309 e. The molecule has 0 saturated carbocycles. The van der Waals surface area contributed by atoms with Crippen LogP contribution < -0.4 is 10.6 Å². The standard InChI is InChI=1S/C12H16N2O2/c1-9(2)14-12(16)11(15)13-8-10-6-4-3-5-7-10/h3-7,9H,8H2,1-2H3,(H,13,15)(H,14,16). The summed E-state index contributed by atoms with van der Waals surface area (Å²) in [6.07, 6.45) is 0. The molecule has 0 saturated heterocycles. The van der Waals surface area contributed by atoms with Crippen LogP contribution in [0.25, 0.3) is 0 Å². The third-order valence-corrected chi connectivity index (χ3v) is 1.92. The zero-order valence-electron chi connectivity index (χ0n) is 9.49. The molecule has 0 aliphatic heterocycles. The van der Waals surface area contributed by atoms with Crippen LogP contribution in [0, 0.1) is 0 Å². The molecular formula is C12H16N2O2. The first-order valence-electron chi connectivity index (χ1n) is 5.22. The lowest BCUT2D eigenvalue weighted by atomic mass is 10.2. The molecular weight excluding hydrogens is 204 g/mol. The van der Waals surface area contributed by atoms with Gasteiger partial charge in [0, 0.05) is 12.6 Å². The van der Waals surface area contributed by atoms with Gasteiger partial charge < -0.3 is 10.6 Å². The number of carbonyl (C=O) groups is 2. The monoisotopic (exact) mass is 220 g/mol. The Morgan fingerprint density at radius 2 is 1.75 bits per heavy atom. The summed E-state index contributed by atoms with van der Waals surface area (Å²) in [6, 6.07) is 9.42. The number of hydrogen-bond donors (Lipinski definition) is 2. The fourth-order valence-corrected chi connectivity index (χ4v) is 1.19. The van der Waals surface area contributed by atoms with Gasteiger partial charge >= 0.3 is 11.8 Å². The van der Waals surface area contributed by atoms with E-state index in [1.807, 2.05) is 44.2 Å². The number of benzene rings is 1. The average molecular weight is 220 g/mol. The lowest BCUT2D eigenvalue weighted by Crippen LogP contribution is -2.42. The summed E-state index contributed by atoms with van der Waals surface area (Å²) in [7, 11) is 0. The Hall–Kier alpha value is -1.84. The molecule has 2 N–H and O–H groups in total. The van der Waals surface area contributed by atoms with Gasteiger partial charge in [-0.3, -0.25) is 9.59 Å². The predicted octanol–water partition coefficient (Wildman–Crippen LogP) is 0.827. The zero-order chi connectivity index (χ0) is 12.0. The van der Waals surface area contributed by atoms with Crippen LogP contribution in [0.1, 0.15) is 19.4 Å². The summed E-state index contributed by atoms with van der Waals surface area (Å²) in [5, 5.41) is 5.08. The van der Waals surface area contributed by atoms with Crippen LogP contribution in [-0.4, -0.2) is 17.9 Å². The Morgan fingerprint density at radius 3 is 2.31 bits per heavy atom. The van der Waals surface area contributed by atoms with Gasteiger partial charge in [0.25, 0.3) is 0 Å². The van der Waals surface area contributed by atoms with Gasteiger partial charge in [-0.25, -0.2) is 0 Å². The number of nitrogens with one attached hydrogen (secondary N) is 2. The van der Waals surface area contributed by atoms with Crippen molar-refractivity contribution >= 4 is 11.8 Å². The predicted molar refractivity (Wildman–Crippen MR) is 61.6 cm³/mol. The number of carbonyl (C=O) groups excluding carboxylic acids is 2. The van der Waals surface area contributed by atoms with Gasteiger partial charge in [-0.2, -0.15) is 0 Å². The summed E-state index contributed by atoms with van der Waals surface area (Å²) < 4.78 is 0. The molecule has 1 aromatic carbocycles. The first-order valence-corrected chi connectivity index (χ1v) is 5.22. The first kappa shape index (κ1) is 12.2. The molecule has 0 radical (unpaired) electrons. The molecule has 0 atom stereocenters. The Labute approximate surface area is 95.0 Å². The maximum atomic E-state index is 11.3. The number of rotatable bonds is 3. The molecule has 1 aromatic rings. The lowest BCUT2D eigenvalue weighted by Gasteiger charge is -2.08. The lowest BCUT2D eigenvalue weighted by molar-refractivity contribution is -0.139. The molecule has 2 amide bonds. The molecule has 0 bridgehead atoms. The average Bonchev–Trinajstić information content (AvgIpc) is 2.26. The van der Waals surface area contributed by atoms with Crippen molar-refractivity contribution in [2.45, 2.75) is 26.4 Å². The van der Waals surface area contributed by atoms with E-state index in [4.69, 9.17) is 0 Å². The van der Waals surface area contributed by atoms with Gasteiger partial charge in [0.2, 0.25) is 0 Å². The maximum Gasteiger partial charge on any atom is 0.309 e. The normalized spacial score (nSPS) is 9.94. The summed E-state index contributed by atoms with van der Waals surface area (Å²) in [5.74, 6) is -1.19. The minimum Gasteiger partial charge on any atom is -0.346 e. The van der Waals surface area contributed by atoms with E-state index < -0.39 is 11.8 Å². The molecule has 16 heavy (non-hydrogen) atoms. The molecule has 4 heteroatoms. The van der Waals surface area contributed by atoms with Crippen molar-refractivity contribution in [1.29, 1.82) is 0 Å². The van der Waals surface area contributed by atoms with Crippen molar-refractivity contribution in [3.8, 4) is 0 Å². The van der Waals surface area contributed by atoms with Crippen LogP contribution in [0.5, 0.6) is 0 Å². The van der Waals surface area contributed by atoms with Gasteiger partial charge in [-0.1, -0.05) is 30.3 Å². The SMILES string of the molecule is CC(C)NC(=O)C(=O)NCc1ccccc1. The van der Waals surface area contributed by atoms with Crippen LogP contribution in [0.4, 0.5) is 0 Å². The van der Waals surface area contributed by atoms with Gasteiger partial charge in [-0.05, 0) is 19.4 Å². The van der Waals surface area contributed by atoms with Crippen molar-refractivity contribution in [3.63, 3.8) is 0 Å². The van der Waals surface area contributed by atoms with Crippen LogP contribution in [0.2, 0.25) is 0 Å². The van der Waals surface area contributed by atoms with E-state index in [9.17, 15) is 9.59 Å². The van der Waals surface area contributed by atoms with Gasteiger partial charge in [0.05, 0.1) is 0 Å². The second kappa shape index (κ2) is 5.90. The molecule has 0 fully saturated rings. The second-order valence-corrected chi connectivity index (χ2v) is 3.80. The van der Waals surface area contributed by atoms with Crippen LogP contribution in [0.15, 0.2) is 30.3 Å². The van der Waals surface area contributed by atoms with Crippen molar-refractivity contribution in [1.82, 2.24) is 10.6 Å². The van der Waals surface area contributed by atoms with Crippen molar-refractivity contribution in [2.75, 3.05) is 0 Å². The fraction of sp³-hybridized carbons (Fsp3) is 0.333. The molecule has 0 aromatic heterocycles. The Balaban J connectivity index is 2.38. The molecule has 0 heterocycles. The molecule has 0 aliphatic carbocycles. The largest absolute Gasteiger partial charge is 0.346 e. The van der Waals surface area contributed by atoms with E-state index >= 15 is 0 Å². The molecule has 86 valence electrons. The topological polar surface area (TPSA) is 58.2 Å². The maximum absolute atomic E-state index is 11.3. The Bertz CT molecular complexity index is 361. The summed E-state index contributed by atoms with van der Waals surface area (Å²) in [6.45, 7) is 3.98. The van der Waals surface area contributed by atoms with Gasteiger partial charge in [-0.15, -0.1) is 0 Å². The van der Waals surface area contributed by atoms with Gasteiger partial charge in [0.1, 0.15) is 0 Å². The van der Waals surface area contributed by atoms with Crippen molar-refractivity contribution in [2.24, 2.45) is 0 Å². The quantitative estimate of drug-likeness (QED) is 0.741. The molecule has 0 aliphatic rings. The highest BCUT2D eigenvalue weighted by molar-refractivity contribution is 6.35. The highest BCUT2D eigenvalue weighted by Gasteiger charge is 2.13. The molecule has 0 spiro atoms. The van der Waals surface area contributed by atoms with Crippen molar-refractivity contribution in [3.05, 3.63) is 35.9 Å². The second-order valence-electron chi connectivity index (χ2n) is 3.80. The van der Waals surface area contributed by atoms with E-state index in [1.54, 1.807) is 0 Å². The van der Waals surface area contributed by atoms with Crippen LogP contribution in [0.3, 0.4) is 0 Å². The third-order valence-electron chi connectivity index (χ3n) is 1.92. The third kappa shape index (κ3) is 4.13. The van der Waals surface area contributed by atoms with Gasteiger partial charge in [0.15, 0.2) is 0 Å². The fourth-order valence-electron chi connectivity index (χ4n) is 1.19. The van der Waals surface area contributed by atoms with E-state index in [-0.39, 0.29) is 6.04 Å². The highest BCUT2D eigenvalue weighted by Crippen LogP contribution is 1.96.